The molecule has 1 saturated heterocycles. The van der Waals surface area contributed by atoms with Gasteiger partial charge in [0.25, 0.3) is 0 Å². The molecule has 3 nitrogen and oxygen atoms in total. The van der Waals surface area contributed by atoms with Crippen LogP contribution in [0.3, 0.4) is 0 Å². The van der Waals surface area contributed by atoms with Gasteiger partial charge < -0.3 is 15.2 Å². The molecule has 70 valence electrons. The van der Waals surface area contributed by atoms with Gasteiger partial charge in [-0.15, -0.1) is 0 Å². The molecule has 2 rings (SSSR count). The van der Waals surface area contributed by atoms with E-state index in [0.717, 1.165) is 26.0 Å². The zero-order valence-corrected chi connectivity index (χ0v) is 7.38. The lowest BCUT2D eigenvalue weighted by molar-refractivity contribution is 0.102. The highest BCUT2D eigenvalue weighted by Crippen LogP contribution is 2.34. The zero-order valence-electron chi connectivity index (χ0n) is 7.38. The third-order valence-electron chi connectivity index (χ3n) is 2.88. The van der Waals surface area contributed by atoms with E-state index in [-0.39, 0.29) is 12.1 Å². The third kappa shape index (κ3) is 1.79. The number of aliphatic hydroxyl groups is 1. The van der Waals surface area contributed by atoms with E-state index in [1.165, 1.54) is 12.8 Å². The Kier molecular flexibility index (Phi) is 2.35. The summed E-state index contributed by atoms with van der Waals surface area (Å²) in [6.45, 7) is 2.11. The standard InChI is InChI=1S/C9H17NO2/c11-7-9(3-4-9)10-6-8-2-1-5-12-8/h8,10-11H,1-7H2. The molecule has 0 spiro atoms. The van der Waals surface area contributed by atoms with E-state index in [1.54, 1.807) is 0 Å². The Balaban J connectivity index is 1.67. The molecule has 1 saturated carbocycles. The zero-order chi connectivity index (χ0) is 8.44. The van der Waals surface area contributed by atoms with E-state index >= 15 is 0 Å². The molecule has 1 aliphatic heterocycles. The van der Waals surface area contributed by atoms with Gasteiger partial charge in [0, 0.05) is 18.7 Å². The molecule has 0 aromatic carbocycles. The Morgan fingerprint density at radius 1 is 1.50 bits per heavy atom. The van der Waals surface area contributed by atoms with Gasteiger partial charge in [-0.1, -0.05) is 0 Å². The molecule has 12 heavy (non-hydrogen) atoms. The summed E-state index contributed by atoms with van der Waals surface area (Å²) in [5, 5.41) is 12.4. The summed E-state index contributed by atoms with van der Waals surface area (Å²) in [5.74, 6) is 0. The van der Waals surface area contributed by atoms with E-state index in [2.05, 4.69) is 5.32 Å². The SMILES string of the molecule is OCC1(NCC2CCCO2)CC1. The lowest BCUT2D eigenvalue weighted by Crippen LogP contribution is -2.39. The van der Waals surface area contributed by atoms with Gasteiger partial charge in [-0.2, -0.15) is 0 Å². The first-order valence-corrected chi connectivity index (χ1v) is 4.82. The largest absolute Gasteiger partial charge is 0.394 e. The maximum Gasteiger partial charge on any atom is 0.0700 e. The van der Waals surface area contributed by atoms with Gasteiger partial charge in [-0.3, -0.25) is 0 Å². The van der Waals surface area contributed by atoms with Crippen molar-refractivity contribution in [2.24, 2.45) is 0 Å². The van der Waals surface area contributed by atoms with Gasteiger partial charge in [0.1, 0.15) is 0 Å². The van der Waals surface area contributed by atoms with Crippen LogP contribution in [0.2, 0.25) is 0 Å². The fourth-order valence-electron chi connectivity index (χ4n) is 1.68. The molecular weight excluding hydrogens is 154 g/mol. The van der Waals surface area contributed by atoms with Crippen molar-refractivity contribution in [3.8, 4) is 0 Å². The Labute approximate surface area is 73.1 Å². The number of aliphatic hydroxyl groups excluding tert-OH is 1. The van der Waals surface area contributed by atoms with Crippen LogP contribution in [0.5, 0.6) is 0 Å². The van der Waals surface area contributed by atoms with Crippen LogP contribution in [0.4, 0.5) is 0 Å². The lowest BCUT2D eigenvalue weighted by Gasteiger charge is -2.17. The second-order valence-electron chi connectivity index (χ2n) is 3.95. The molecule has 0 radical (unpaired) electrons. The molecule has 2 fully saturated rings. The van der Waals surface area contributed by atoms with Crippen LogP contribution in [-0.4, -0.2) is 36.5 Å². The number of nitrogens with one attached hydrogen (secondary N) is 1. The van der Waals surface area contributed by atoms with Crippen molar-refractivity contribution >= 4 is 0 Å². The molecule has 0 aromatic heterocycles. The Hall–Kier alpha value is -0.120. The molecule has 1 atom stereocenters. The monoisotopic (exact) mass is 171 g/mol. The van der Waals surface area contributed by atoms with Crippen LogP contribution in [0.15, 0.2) is 0 Å². The summed E-state index contributed by atoms with van der Waals surface area (Å²) in [7, 11) is 0. The van der Waals surface area contributed by atoms with E-state index in [9.17, 15) is 0 Å². The summed E-state index contributed by atoms with van der Waals surface area (Å²) in [6, 6.07) is 0. The molecule has 0 amide bonds. The summed E-state index contributed by atoms with van der Waals surface area (Å²) in [4.78, 5) is 0. The Morgan fingerprint density at radius 2 is 2.33 bits per heavy atom. The molecule has 2 N–H and O–H groups in total. The molecule has 0 bridgehead atoms. The van der Waals surface area contributed by atoms with Crippen molar-refractivity contribution in [1.82, 2.24) is 5.32 Å². The van der Waals surface area contributed by atoms with Crippen LogP contribution in [0, 0.1) is 0 Å². The molecule has 1 unspecified atom stereocenters. The predicted molar refractivity (Wildman–Crippen MR) is 46.0 cm³/mol. The summed E-state index contributed by atoms with van der Waals surface area (Å²) < 4.78 is 5.48. The lowest BCUT2D eigenvalue weighted by atomic mass is 10.2. The summed E-state index contributed by atoms with van der Waals surface area (Å²) in [6.07, 6.45) is 5.01. The van der Waals surface area contributed by atoms with E-state index < -0.39 is 0 Å². The topological polar surface area (TPSA) is 41.5 Å². The molecule has 0 aromatic rings. The summed E-state index contributed by atoms with van der Waals surface area (Å²) in [5.41, 5.74) is 0.0753. The molecule has 2 aliphatic rings. The van der Waals surface area contributed by atoms with Gasteiger partial charge in [0.15, 0.2) is 0 Å². The fourth-order valence-corrected chi connectivity index (χ4v) is 1.68. The van der Waals surface area contributed by atoms with Crippen LogP contribution < -0.4 is 5.32 Å². The second-order valence-corrected chi connectivity index (χ2v) is 3.95. The highest BCUT2D eigenvalue weighted by molar-refractivity contribution is 5.01. The normalized spacial score (nSPS) is 32.2. The minimum absolute atomic E-state index is 0.0753. The van der Waals surface area contributed by atoms with Crippen LogP contribution in [-0.2, 0) is 4.74 Å². The minimum Gasteiger partial charge on any atom is -0.394 e. The predicted octanol–water partition coefficient (Wildman–Crippen LogP) is 0.280. The first-order valence-electron chi connectivity index (χ1n) is 4.82. The van der Waals surface area contributed by atoms with E-state index in [4.69, 9.17) is 9.84 Å². The number of ether oxygens (including phenoxy) is 1. The maximum absolute atomic E-state index is 9.03. The van der Waals surface area contributed by atoms with Crippen molar-refractivity contribution in [2.45, 2.75) is 37.3 Å². The van der Waals surface area contributed by atoms with Crippen molar-refractivity contribution in [1.29, 1.82) is 0 Å². The Morgan fingerprint density at radius 3 is 2.83 bits per heavy atom. The van der Waals surface area contributed by atoms with Crippen molar-refractivity contribution in [3.63, 3.8) is 0 Å². The van der Waals surface area contributed by atoms with Crippen molar-refractivity contribution < 1.29 is 9.84 Å². The van der Waals surface area contributed by atoms with Gasteiger partial charge in [-0.05, 0) is 25.7 Å². The van der Waals surface area contributed by atoms with E-state index in [1.807, 2.05) is 0 Å². The van der Waals surface area contributed by atoms with Crippen LogP contribution in [0.1, 0.15) is 25.7 Å². The molecule has 1 heterocycles. The first-order chi connectivity index (χ1) is 5.85. The minimum atomic E-state index is 0.0753. The molecule has 3 heteroatoms. The first kappa shape index (κ1) is 8.48. The second kappa shape index (κ2) is 3.32. The number of rotatable bonds is 4. The van der Waals surface area contributed by atoms with E-state index in [0.29, 0.717) is 6.10 Å². The van der Waals surface area contributed by atoms with Crippen molar-refractivity contribution in [3.05, 3.63) is 0 Å². The number of hydrogen-bond acceptors (Lipinski definition) is 3. The quantitative estimate of drug-likeness (QED) is 0.638. The maximum atomic E-state index is 9.03. The fraction of sp³-hybridized carbons (Fsp3) is 1.00. The van der Waals surface area contributed by atoms with Crippen LogP contribution >= 0.6 is 0 Å². The van der Waals surface area contributed by atoms with Gasteiger partial charge in [0.2, 0.25) is 0 Å². The third-order valence-corrected chi connectivity index (χ3v) is 2.88. The molecular formula is C9H17NO2. The number of hydrogen-bond donors (Lipinski definition) is 2. The smallest absolute Gasteiger partial charge is 0.0700 e. The average molecular weight is 171 g/mol. The Bertz CT molecular complexity index is 151. The highest BCUT2D eigenvalue weighted by atomic mass is 16.5. The van der Waals surface area contributed by atoms with Gasteiger partial charge in [0.05, 0.1) is 12.7 Å². The molecule has 1 aliphatic carbocycles. The van der Waals surface area contributed by atoms with Gasteiger partial charge in [-0.25, -0.2) is 0 Å². The van der Waals surface area contributed by atoms with Gasteiger partial charge >= 0.3 is 0 Å². The van der Waals surface area contributed by atoms with Crippen molar-refractivity contribution in [2.75, 3.05) is 19.8 Å². The summed E-state index contributed by atoms with van der Waals surface area (Å²) >= 11 is 0. The van der Waals surface area contributed by atoms with Crippen LogP contribution in [0.25, 0.3) is 0 Å². The average Bonchev–Trinajstić information content (AvgIpc) is 2.70. The highest BCUT2D eigenvalue weighted by Gasteiger charge is 2.41.